The molecule has 0 bridgehead atoms. The first-order valence-electron chi connectivity index (χ1n) is 9.66. The van der Waals surface area contributed by atoms with Crippen LogP contribution in [0.3, 0.4) is 0 Å². The predicted octanol–water partition coefficient (Wildman–Crippen LogP) is 3.18. The van der Waals surface area contributed by atoms with Gasteiger partial charge in [-0.3, -0.25) is 9.59 Å². The van der Waals surface area contributed by atoms with Crippen LogP contribution in [0.25, 0.3) is 0 Å². The minimum Gasteiger partial charge on any atom is -0.378 e. The topological polar surface area (TPSA) is 61.9 Å². The van der Waals surface area contributed by atoms with Gasteiger partial charge in [-0.1, -0.05) is 0 Å². The monoisotopic (exact) mass is 439 g/mol. The number of hydrogen-bond acceptors (Lipinski definition) is 4. The smallest absolute Gasteiger partial charge is 0.257 e. The van der Waals surface area contributed by atoms with Gasteiger partial charge in [0.15, 0.2) is 23.3 Å². The Kier molecular flexibility index (Phi) is 7.11. The van der Waals surface area contributed by atoms with Gasteiger partial charge >= 0.3 is 0 Å². The van der Waals surface area contributed by atoms with Crippen molar-refractivity contribution in [3.05, 3.63) is 59.2 Å². The van der Waals surface area contributed by atoms with E-state index < -0.39 is 47.2 Å². The standard InChI is InChI=1S/C21H21F4N3O3/c1-2-27(21(30)15-11-16(22)19(24)20(25)18(15)23)12-17(29)26-13-3-5-14(6-4-13)28-7-9-31-10-8-28/h3-6,11H,2,7-10,12H2,1H3,(H,26,29). The Labute approximate surface area is 176 Å². The molecule has 2 aromatic carbocycles. The maximum Gasteiger partial charge on any atom is 0.257 e. The van der Waals surface area contributed by atoms with Gasteiger partial charge in [0.05, 0.1) is 18.8 Å². The number of anilines is 2. The van der Waals surface area contributed by atoms with E-state index in [2.05, 4.69) is 10.2 Å². The molecule has 6 nitrogen and oxygen atoms in total. The Morgan fingerprint density at radius 3 is 2.29 bits per heavy atom. The molecule has 1 saturated heterocycles. The highest BCUT2D eigenvalue weighted by Crippen LogP contribution is 2.21. The minimum absolute atomic E-state index is 0.0394. The molecular formula is C21H21F4N3O3. The first-order chi connectivity index (χ1) is 14.8. The highest BCUT2D eigenvalue weighted by Gasteiger charge is 2.26. The van der Waals surface area contributed by atoms with Gasteiger partial charge < -0.3 is 19.9 Å². The Hall–Kier alpha value is -3.14. The van der Waals surface area contributed by atoms with Crippen LogP contribution in [-0.2, 0) is 9.53 Å². The van der Waals surface area contributed by atoms with E-state index in [9.17, 15) is 27.2 Å². The molecule has 0 atom stereocenters. The molecule has 3 rings (SSSR count). The molecule has 0 spiro atoms. The second-order valence-electron chi connectivity index (χ2n) is 6.86. The number of nitrogens with zero attached hydrogens (tertiary/aromatic N) is 2. The van der Waals surface area contributed by atoms with Crippen LogP contribution in [-0.4, -0.2) is 56.1 Å². The third-order valence-electron chi connectivity index (χ3n) is 4.86. The van der Waals surface area contributed by atoms with E-state index >= 15 is 0 Å². The molecule has 1 N–H and O–H groups in total. The number of carbonyl (C=O) groups excluding carboxylic acids is 2. The zero-order valence-electron chi connectivity index (χ0n) is 16.8. The summed E-state index contributed by atoms with van der Waals surface area (Å²) >= 11 is 0. The van der Waals surface area contributed by atoms with Gasteiger partial charge in [0, 0.05) is 31.0 Å². The fraction of sp³-hybridized carbons (Fsp3) is 0.333. The number of nitrogens with one attached hydrogen (secondary N) is 1. The van der Waals surface area contributed by atoms with Crippen molar-refractivity contribution in [2.75, 3.05) is 49.6 Å². The molecule has 1 fully saturated rings. The summed E-state index contributed by atoms with van der Waals surface area (Å²) in [6.45, 7) is 3.80. The second-order valence-corrected chi connectivity index (χ2v) is 6.86. The van der Waals surface area contributed by atoms with Crippen LogP contribution < -0.4 is 10.2 Å². The van der Waals surface area contributed by atoms with Crippen LogP contribution in [0.15, 0.2) is 30.3 Å². The molecule has 0 unspecified atom stereocenters. The fourth-order valence-corrected chi connectivity index (χ4v) is 3.18. The van der Waals surface area contributed by atoms with Crippen molar-refractivity contribution in [3.63, 3.8) is 0 Å². The molecule has 10 heteroatoms. The summed E-state index contributed by atoms with van der Waals surface area (Å²) in [5, 5.41) is 2.61. The number of likely N-dealkylation sites (N-methyl/N-ethyl adjacent to an activating group) is 1. The second kappa shape index (κ2) is 9.78. The summed E-state index contributed by atoms with van der Waals surface area (Å²) in [7, 11) is 0. The summed E-state index contributed by atoms with van der Waals surface area (Å²) in [4.78, 5) is 27.8. The van der Waals surface area contributed by atoms with E-state index in [0.29, 0.717) is 18.9 Å². The van der Waals surface area contributed by atoms with Gasteiger partial charge in [-0.15, -0.1) is 0 Å². The first-order valence-corrected chi connectivity index (χ1v) is 9.66. The number of morpholine rings is 1. The maximum absolute atomic E-state index is 13.9. The van der Waals surface area contributed by atoms with Crippen molar-refractivity contribution in [3.8, 4) is 0 Å². The molecule has 166 valence electrons. The van der Waals surface area contributed by atoms with Crippen LogP contribution in [0, 0.1) is 23.3 Å². The lowest BCUT2D eigenvalue weighted by atomic mass is 10.1. The van der Waals surface area contributed by atoms with Gasteiger partial charge in [-0.25, -0.2) is 17.6 Å². The lowest BCUT2D eigenvalue weighted by molar-refractivity contribution is -0.116. The van der Waals surface area contributed by atoms with Crippen molar-refractivity contribution in [2.24, 2.45) is 0 Å². The molecule has 0 saturated carbocycles. The first kappa shape index (κ1) is 22.5. The molecule has 1 aliphatic heterocycles. The number of amides is 2. The molecule has 0 aliphatic carbocycles. The van der Waals surface area contributed by atoms with E-state index in [1.54, 1.807) is 12.1 Å². The molecule has 2 aromatic rings. The number of halogens is 4. The molecular weight excluding hydrogens is 418 g/mol. The molecule has 1 aliphatic rings. The van der Waals surface area contributed by atoms with E-state index in [4.69, 9.17) is 4.74 Å². The quantitative estimate of drug-likeness (QED) is 0.427. The van der Waals surface area contributed by atoms with Crippen LogP contribution >= 0.6 is 0 Å². The molecule has 0 aromatic heterocycles. The van der Waals surface area contributed by atoms with E-state index in [1.807, 2.05) is 12.1 Å². The van der Waals surface area contributed by atoms with Crippen LogP contribution in [0.1, 0.15) is 17.3 Å². The number of ether oxygens (including phenoxy) is 1. The minimum atomic E-state index is -2.08. The largest absolute Gasteiger partial charge is 0.378 e. The van der Waals surface area contributed by atoms with E-state index in [-0.39, 0.29) is 12.6 Å². The van der Waals surface area contributed by atoms with Crippen molar-refractivity contribution >= 4 is 23.2 Å². The normalized spacial score (nSPS) is 13.8. The average molecular weight is 439 g/mol. The van der Waals surface area contributed by atoms with Crippen LogP contribution in [0.5, 0.6) is 0 Å². The van der Waals surface area contributed by atoms with Gasteiger partial charge in [-0.05, 0) is 37.3 Å². The molecule has 1 heterocycles. The molecule has 0 radical (unpaired) electrons. The third kappa shape index (κ3) is 5.13. The SMILES string of the molecule is CCN(CC(=O)Nc1ccc(N2CCOCC2)cc1)C(=O)c1cc(F)c(F)c(F)c1F. The molecule has 31 heavy (non-hydrogen) atoms. The Morgan fingerprint density at radius 2 is 1.68 bits per heavy atom. The highest BCUT2D eigenvalue weighted by atomic mass is 19.2. The van der Waals surface area contributed by atoms with Crippen molar-refractivity contribution < 1.29 is 31.9 Å². The Balaban J connectivity index is 1.65. The highest BCUT2D eigenvalue weighted by molar-refractivity contribution is 5.99. The maximum atomic E-state index is 13.9. The summed E-state index contributed by atoms with van der Waals surface area (Å²) < 4.78 is 59.2. The molecule has 2 amide bonds. The average Bonchev–Trinajstić information content (AvgIpc) is 2.79. The van der Waals surface area contributed by atoms with Gasteiger partial charge in [0.2, 0.25) is 5.91 Å². The van der Waals surface area contributed by atoms with Gasteiger partial charge in [0.25, 0.3) is 5.91 Å². The Morgan fingerprint density at radius 1 is 1.03 bits per heavy atom. The third-order valence-corrected chi connectivity index (χ3v) is 4.86. The number of rotatable bonds is 6. The summed E-state index contributed by atoms with van der Waals surface area (Å²) in [6, 6.07) is 7.35. The lowest BCUT2D eigenvalue weighted by Crippen LogP contribution is -2.38. The van der Waals surface area contributed by atoms with Crippen molar-refractivity contribution in [1.29, 1.82) is 0 Å². The van der Waals surface area contributed by atoms with Crippen molar-refractivity contribution in [2.45, 2.75) is 6.92 Å². The zero-order valence-corrected chi connectivity index (χ0v) is 16.8. The summed E-state index contributed by atoms with van der Waals surface area (Å²) in [5.41, 5.74) is 0.471. The summed E-state index contributed by atoms with van der Waals surface area (Å²) in [5.74, 6) is -9.29. The van der Waals surface area contributed by atoms with Crippen LogP contribution in [0.2, 0.25) is 0 Å². The van der Waals surface area contributed by atoms with Crippen molar-refractivity contribution in [1.82, 2.24) is 4.90 Å². The lowest BCUT2D eigenvalue weighted by Gasteiger charge is -2.29. The van der Waals surface area contributed by atoms with Crippen LogP contribution in [0.4, 0.5) is 28.9 Å². The zero-order chi connectivity index (χ0) is 22.5. The van der Waals surface area contributed by atoms with Gasteiger partial charge in [-0.2, -0.15) is 0 Å². The van der Waals surface area contributed by atoms with Gasteiger partial charge in [0.1, 0.15) is 6.54 Å². The predicted molar refractivity (Wildman–Crippen MR) is 106 cm³/mol. The Bertz CT molecular complexity index is 963. The van der Waals surface area contributed by atoms with E-state index in [0.717, 1.165) is 23.7 Å². The number of benzene rings is 2. The van der Waals surface area contributed by atoms with E-state index in [1.165, 1.54) is 6.92 Å². The number of carbonyl (C=O) groups is 2. The summed E-state index contributed by atoms with van der Waals surface area (Å²) in [6.07, 6.45) is 0. The fourth-order valence-electron chi connectivity index (χ4n) is 3.18. The number of hydrogen-bond donors (Lipinski definition) is 1.